The highest BCUT2D eigenvalue weighted by Gasteiger charge is 2.22. The van der Waals surface area contributed by atoms with Gasteiger partial charge < -0.3 is 9.88 Å². The summed E-state index contributed by atoms with van der Waals surface area (Å²) in [7, 11) is 0. The molecule has 0 spiro atoms. The van der Waals surface area contributed by atoms with E-state index >= 15 is 0 Å². The summed E-state index contributed by atoms with van der Waals surface area (Å²) >= 11 is 0. The molecular formula is C21H24N4O. The molecule has 0 aliphatic carbocycles. The van der Waals surface area contributed by atoms with Crippen molar-refractivity contribution in [3.63, 3.8) is 0 Å². The molecule has 5 nitrogen and oxygen atoms in total. The van der Waals surface area contributed by atoms with Crippen LogP contribution in [0.2, 0.25) is 0 Å². The van der Waals surface area contributed by atoms with Crippen LogP contribution in [-0.2, 0) is 6.54 Å². The molecule has 134 valence electrons. The summed E-state index contributed by atoms with van der Waals surface area (Å²) in [6, 6.07) is 12.0. The first kappa shape index (κ1) is 16.8. The Bertz CT molecular complexity index is 924. The number of nitrogens with one attached hydrogen (secondary N) is 1. The highest BCUT2D eigenvalue weighted by Crippen LogP contribution is 2.23. The third kappa shape index (κ3) is 3.22. The Labute approximate surface area is 153 Å². The number of hydrogen-bond donors (Lipinski definition) is 1. The van der Waals surface area contributed by atoms with Gasteiger partial charge in [-0.1, -0.05) is 6.07 Å². The van der Waals surface area contributed by atoms with E-state index in [-0.39, 0.29) is 5.91 Å². The van der Waals surface area contributed by atoms with Crippen molar-refractivity contribution in [2.45, 2.75) is 20.4 Å². The van der Waals surface area contributed by atoms with E-state index < -0.39 is 0 Å². The Balaban J connectivity index is 1.42. The van der Waals surface area contributed by atoms with Crippen molar-refractivity contribution in [1.29, 1.82) is 0 Å². The highest BCUT2D eigenvalue weighted by molar-refractivity contribution is 5.99. The Kier molecular flexibility index (Phi) is 4.47. The van der Waals surface area contributed by atoms with Gasteiger partial charge in [-0.25, -0.2) is 0 Å². The first-order valence-electron chi connectivity index (χ1n) is 9.12. The topological polar surface area (TPSA) is 52.2 Å². The lowest BCUT2D eigenvalue weighted by Gasteiger charge is -2.34. The molecule has 1 N–H and O–H groups in total. The van der Waals surface area contributed by atoms with Crippen molar-refractivity contribution in [2.24, 2.45) is 0 Å². The molecule has 0 radical (unpaired) electrons. The van der Waals surface area contributed by atoms with Gasteiger partial charge in [0, 0.05) is 61.1 Å². The maximum Gasteiger partial charge on any atom is 0.253 e. The summed E-state index contributed by atoms with van der Waals surface area (Å²) in [5, 5.41) is 1.14. The maximum absolute atomic E-state index is 12.9. The van der Waals surface area contributed by atoms with Crippen molar-refractivity contribution in [2.75, 3.05) is 26.2 Å². The van der Waals surface area contributed by atoms with E-state index in [1.54, 1.807) is 0 Å². The molecule has 5 heteroatoms. The number of rotatable bonds is 3. The number of pyridine rings is 1. The van der Waals surface area contributed by atoms with Gasteiger partial charge in [0.25, 0.3) is 5.91 Å². The standard InChI is InChI=1S/C21H24N4O/c1-15-16(2)23-20-7-6-17(13-19(15)20)21(26)25-11-9-24(10-12-25)14-18-5-3-4-8-22-18/h3-8,13,23H,9-12,14H2,1-2H3. The SMILES string of the molecule is Cc1[nH]c2ccc(C(=O)N3CCN(Cc4ccccn4)CC3)cc2c1C. The van der Waals surface area contributed by atoms with E-state index in [1.807, 2.05) is 47.5 Å². The monoisotopic (exact) mass is 348 g/mol. The summed E-state index contributed by atoms with van der Waals surface area (Å²) in [5.41, 5.74) is 5.33. The zero-order chi connectivity index (χ0) is 18.1. The maximum atomic E-state index is 12.9. The van der Waals surface area contributed by atoms with E-state index in [2.05, 4.69) is 28.7 Å². The molecule has 0 atom stereocenters. The van der Waals surface area contributed by atoms with E-state index in [0.717, 1.165) is 60.6 Å². The molecule has 4 rings (SSSR count). The second kappa shape index (κ2) is 6.92. The van der Waals surface area contributed by atoms with Crippen molar-refractivity contribution >= 4 is 16.8 Å². The molecule has 1 aromatic carbocycles. The second-order valence-corrected chi connectivity index (χ2v) is 7.02. The van der Waals surface area contributed by atoms with Crippen molar-refractivity contribution in [3.8, 4) is 0 Å². The van der Waals surface area contributed by atoms with Gasteiger partial charge in [-0.3, -0.25) is 14.7 Å². The Hall–Kier alpha value is -2.66. The fraction of sp³-hybridized carbons (Fsp3) is 0.333. The number of piperazine rings is 1. The van der Waals surface area contributed by atoms with Crippen molar-refractivity contribution in [3.05, 3.63) is 65.1 Å². The molecule has 26 heavy (non-hydrogen) atoms. The van der Waals surface area contributed by atoms with Crippen LogP contribution in [0.3, 0.4) is 0 Å². The number of aryl methyl sites for hydroxylation is 2. The molecule has 3 heterocycles. The third-order valence-corrected chi connectivity index (χ3v) is 5.33. The minimum absolute atomic E-state index is 0.127. The van der Waals surface area contributed by atoms with Gasteiger partial charge in [-0.2, -0.15) is 0 Å². The van der Waals surface area contributed by atoms with Crippen molar-refractivity contribution in [1.82, 2.24) is 19.8 Å². The first-order valence-corrected chi connectivity index (χ1v) is 9.12. The van der Waals surface area contributed by atoms with Gasteiger partial charge in [-0.15, -0.1) is 0 Å². The Morgan fingerprint density at radius 1 is 1.12 bits per heavy atom. The molecule has 0 unspecified atom stereocenters. The van der Waals surface area contributed by atoms with Crippen LogP contribution in [0.5, 0.6) is 0 Å². The van der Waals surface area contributed by atoms with Crippen LogP contribution in [-0.4, -0.2) is 51.9 Å². The molecule has 1 aliphatic heterocycles. The normalized spacial score (nSPS) is 15.5. The molecule has 0 bridgehead atoms. The van der Waals surface area contributed by atoms with Crippen LogP contribution < -0.4 is 0 Å². The number of carbonyl (C=O) groups is 1. The molecule has 3 aromatic rings. The zero-order valence-corrected chi connectivity index (χ0v) is 15.3. The summed E-state index contributed by atoms with van der Waals surface area (Å²) in [6.07, 6.45) is 1.83. The average Bonchev–Trinajstić information content (AvgIpc) is 2.96. The minimum atomic E-state index is 0.127. The summed E-state index contributed by atoms with van der Waals surface area (Å²) in [5.74, 6) is 0.127. The number of fused-ring (bicyclic) bond motifs is 1. The number of H-pyrrole nitrogens is 1. The number of carbonyl (C=O) groups excluding carboxylic acids is 1. The fourth-order valence-electron chi connectivity index (χ4n) is 3.61. The van der Waals surface area contributed by atoms with Crippen LogP contribution >= 0.6 is 0 Å². The smallest absolute Gasteiger partial charge is 0.253 e. The molecule has 1 amide bonds. The highest BCUT2D eigenvalue weighted by atomic mass is 16.2. The van der Waals surface area contributed by atoms with Gasteiger partial charge in [-0.05, 0) is 49.7 Å². The minimum Gasteiger partial charge on any atom is -0.358 e. The van der Waals surface area contributed by atoms with Crippen LogP contribution in [0.1, 0.15) is 27.3 Å². The summed E-state index contributed by atoms with van der Waals surface area (Å²) in [4.78, 5) is 25.0. The van der Waals surface area contributed by atoms with E-state index in [1.165, 1.54) is 5.56 Å². The molecular weight excluding hydrogens is 324 g/mol. The summed E-state index contributed by atoms with van der Waals surface area (Å²) in [6.45, 7) is 8.29. The first-order chi connectivity index (χ1) is 12.6. The number of hydrogen-bond acceptors (Lipinski definition) is 3. The number of amides is 1. The van der Waals surface area contributed by atoms with E-state index in [9.17, 15) is 4.79 Å². The third-order valence-electron chi connectivity index (χ3n) is 5.33. The predicted octanol–water partition coefficient (Wildman–Crippen LogP) is 3.14. The molecule has 2 aromatic heterocycles. The number of nitrogens with zero attached hydrogens (tertiary/aromatic N) is 3. The Morgan fingerprint density at radius 2 is 1.92 bits per heavy atom. The van der Waals surface area contributed by atoms with Gasteiger partial charge in [0.1, 0.15) is 0 Å². The average molecular weight is 348 g/mol. The molecule has 1 aliphatic rings. The zero-order valence-electron chi connectivity index (χ0n) is 15.3. The van der Waals surface area contributed by atoms with E-state index in [0.29, 0.717) is 0 Å². The van der Waals surface area contributed by atoms with Crippen LogP contribution in [0.4, 0.5) is 0 Å². The van der Waals surface area contributed by atoms with Crippen LogP contribution in [0, 0.1) is 13.8 Å². The lowest BCUT2D eigenvalue weighted by molar-refractivity contribution is 0.0627. The quantitative estimate of drug-likeness (QED) is 0.791. The number of benzene rings is 1. The van der Waals surface area contributed by atoms with E-state index in [4.69, 9.17) is 0 Å². The number of aromatic amines is 1. The fourth-order valence-corrected chi connectivity index (χ4v) is 3.61. The Morgan fingerprint density at radius 3 is 2.65 bits per heavy atom. The van der Waals surface area contributed by atoms with Gasteiger partial charge in [0.05, 0.1) is 5.69 Å². The second-order valence-electron chi connectivity index (χ2n) is 7.02. The van der Waals surface area contributed by atoms with Crippen LogP contribution in [0.15, 0.2) is 42.6 Å². The van der Waals surface area contributed by atoms with Gasteiger partial charge in [0.15, 0.2) is 0 Å². The largest absolute Gasteiger partial charge is 0.358 e. The van der Waals surface area contributed by atoms with Gasteiger partial charge in [0.2, 0.25) is 0 Å². The van der Waals surface area contributed by atoms with Crippen LogP contribution in [0.25, 0.3) is 10.9 Å². The lowest BCUT2D eigenvalue weighted by atomic mass is 10.1. The van der Waals surface area contributed by atoms with Gasteiger partial charge >= 0.3 is 0 Å². The molecule has 1 fully saturated rings. The number of aromatic nitrogens is 2. The molecule has 0 saturated carbocycles. The van der Waals surface area contributed by atoms with Crippen molar-refractivity contribution < 1.29 is 4.79 Å². The lowest BCUT2D eigenvalue weighted by Crippen LogP contribution is -2.48. The predicted molar refractivity (Wildman–Crippen MR) is 103 cm³/mol. The summed E-state index contributed by atoms with van der Waals surface area (Å²) < 4.78 is 0. The molecule has 1 saturated heterocycles.